The Kier molecular flexibility index (Phi) is 2.22. The average Bonchev–Trinajstić information content (AvgIpc) is 2.83. The number of hydrogen-bond acceptors (Lipinski definition) is 3. The van der Waals surface area contributed by atoms with Crippen molar-refractivity contribution in [3.63, 3.8) is 0 Å². The van der Waals surface area contributed by atoms with E-state index in [2.05, 4.69) is 37.8 Å². The lowest BCUT2D eigenvalue weighted by atomic mass is 10.1. The number of hydrogen-bond donors (Lipinski definition) is 1. The molecule has 1 aromatic carbocycles. The van der Waals surface area contributed by atoms with Crippen molar-refractivity contribution in [3.8, 4) is 11.3 Å². The molecule has 0 bridgehead atoms. The Morgan fingerprint density at radius 1 is 1.35 bits per heavy atom. The van der Waals surface area contributed by atoms with Gasteiger partial charge in [-0.1, -0.05) is 21.1 Å². The molecule has 0 spiro atoms. The molecule has 2 N–H and O–H groups in total. The summed E-state index contributed by atoms with van der Waals surface area (Å²) in [6.07, 6.45) is 2.01. The summed E-state index contributed by atoms with van der Waals surface area (Å²) in [4.78, 5) is 0. The zero-order chi connectivity index (χ0) is 12.0. The summed E-state index contributed by atoms with van der Waals surface area (Å²) in [6.45, 7) is 0. The van der Waals surface area contributed by atoms with Gasteiger partial charge in [0, 0.05) is 40.2 Å². The Morgan fingerprint density at radius 3 is 2.88 bits per heavy atom. The molecule has 17 heavy (non-hydrogen) atoms. The molecule has 4 nitrogen and oxygen atoms in total. The first-order chi connectivity index (χ1) is 8.15. The molecule has 2 aromatic heterocycles. The van der Waals surface area contributed by atoms with Crippen molar-refractivity contribution in [2.75, 3.05) is 5.73 Å². The third kappa shape index (κ3) is 1.63. The Balaban J connectivity index is 2.33. The quantitative estimate of drug-likeness (QED) is 0.749. The summed E-state index contributed by atoms with van der Waals surface area (Å²) in [5, 5.41) is 4.82. The molecule has 2 heterocycles. The van der Waals surface area contributed by atoms with Crippen LogP contribution in [0.4, 0.5) is 5.82 Å². The maximum Gasteiger partial charge on any atom is 0.171 e. The molecule has 0 amide bonds. The van der Waals surface area contributed by atoms with Crippen LogP contribution in [0.2, 0.25) is 0 Å². The second-order valence-corrected chi connectivity index (χ2v) is 4.85. The van der Waals surface area contributed by atoms with E-state index in [9.17, 15) is 0 Å². The van der Waals surface area contributed by atoms with Crippen LogP contribution in [0.3, 0.4) is 0 Å². The van der Waals surface area contributed by atoms with Crippen LogP contribution in [-0.2, 0) is 7.05 Å². The van der Waals surface area contributed by atoms with Crippen LogP contribution in [0.25, 0.3) is 22.2 Å². The molecular formula is C12H10BrN3O. The number of halogens is 1. The van der Waals surface area contributed by atoms with Gasteiger partial charge in [0.25, 0.3) is 0 Å². The second kappa shape index (κ2) is 3.63. The highest BCUT2D eigenvalue weighted by molar-refractivity contribution is 9.10. The van der Waals surface area contributed by atoms with Gasteiger partial charge >= 0.3 is 0 Å². The van der Waals surface area contributed by atoms with Crippen LogP contribution >= 0.6 is 15.9 Å². The number of rotatable bonds is 1. The third-order valence-electron chi connectivity index (χ3n) is 2.75. The summed E-state index contributed by atoms with van der Waals surface area (Å²) in [7, 11) is 2.00. The fourth-order valence-electron chi connectivity index (χ4n) is 1.98. The monoisotopic (exact) mass is 291 g/mol. The number of nitrogens with two attached hydrogens (primary N) is 1. The smallest absolute Gasteiger partial charge is 0.171 e. The van der Waals surface area contributed by atoms with Gasteiger partial charge in [-0.3, -0.25) is 0 Å². The number of anilines is 1. The predicted octanol–water partition coefficient (Wildman–Crippen LogP) is 3.18. The van der Waals surface area contributed by atoms with Crippen LogP contribution < -0.4 is 5.73 Å². The van der Waals surface area contributed by atoms with Crippen molar-refractivity contribution in [1.29, 1.82) is 0 Å². The summed E-state index contributed by atoms with van der Waals surface area (Å²) < 4.78 is 8.29. The molecule has 0 saturated heterocycles. The molecule has 0 unspecified atom stereocenters. The summed E-state index contributed by atoms with van der Waals surface area (Å²) in [6, 6.07) is 7.86. The van der Waals surface area contributed by atoms with E-state index in [1.165, 1.54) is 0 Å². The molecule has 3 rings (SSSR count). The number of benzene rings is 1. The van der Waals surface area contributed by atoms with Gasteiger partial charge in [-0.2, -0.15) is 0 Å². The van der Waals surface area contributed by atoms with Crippen molar-refractivity contribution in [2.24, 2.45) is 7.05 Å². The average molecular weight is 292 g/mol. The molecule has 86 valence electrons. The first kappa shape index (κ1) is 10.4. The van der Waals surface area contributed by atoms with Crippen molar-refractivity contribution in [1.82, 2.24) is 9.72 Å². The lowest BCUT2D eigenvalue weighted by Crippen LogP contribution is -1.82. The Morgan fingerprint density at radius 2 is 2.18 bits per heavy atom. The first-order valence-corrected chi connectivity index (χ1v) is 5.91. The highest BCUT2D eigenvalue weighted by atomic mass is 79.9. The summed E-state index contributed by atoms with van der Waals surface area (Å²) >= 11 is 3.47. The number of fused-ring (bicyclic) bond motifs is 1. The third-order valence-corrected chi connectivity index (χ3v) is 3.24. The predicted molar refractivity (Wildman–Crippen MR) is 70.5 cm³/mol. The molecule has 0 aliphatic carbocycles. The second-order valence-electron chi connectivity index (χ2n) is 3.93. The van der Waals surface area contributed by atoms with Gasteiger partial charge in [-0.25, -0.2) is 0 Å². The summed E-state index contributed by atoms with van der Waals surface area (Å²) in [5.41, 5.74) is 7.71. The SMILES string of the molecule is Cn1cc(-c2cc(N)no2)c2cc(Br)ccc21. The molecule has 0 radical (unpaired) electrons. The topological polar surface area (TPSA) is 57.0 Å². The van der Waals surface area contributed by atoms with Gasteiger partial charge in [0.1, 0.15) is 0 Å². The van der Waals surface area contributed by atoms with E-state index in [1.807, 2.05) is 19.3 Å². The number of nitrogen functional groups attached to an aromatic ring is 1. The standard InChI is InChI=1S/C12H10BrN3O/c1-16-6-9(11-5-12(14)15-17-11)8-4-7(13)2-3-10(8)16/h2-6H,1H3,(H2,14,15). The van der Waals surface area contributed by atoms with Crippen LogP contribution in [0.1, 0.15) is 0 Å². The number of aryl methyl sites for hydroxylation is 1. The molecule has 3 aromatic rings. The molecule has 0 aliphatic heterocycles. The van der Waals surface area contributed by atoms with Crippen LogP contribution in [-0.4, -0.2) is 9.72 Å². The zero-order valence-electron chi connectivity index (χ0n) is 9.14. The lowest BCUT2D eigenvalue weighted by Gasteiger charge is -1.96. The van der Waals surface area contributed by atoms with Gasteiger partial charge in [-0.15, -0.1) is 0 Å². The minimum absolute atomic E-state index is 0.395. The number of aromatic nitrogens is 2. The van der Waals surface area contributed by atoms with Crippen LogP contribution in [0.15, 0.2) is 39.5 Å². The van der Waals surface area contributed by atoms with E-state index in [4.69, 9.17) is 10.3 Å². The highest BCUT2D eigenvalue weighted by Crippen LogP contribution is 2.32. The van der Waals surface area contributed by atoms with E-state index in [0.717, 1.165) is 20.9 Å². The van der Waals surface area contributed by atoms with Gasteiger partial charge < -0.3 is 14.8 Å². The van der Waals surface area contributed by atoms with Crippen molar-refractivity contribution in [2.45, 2.75) is 0 Å². The maximum atomic E-state index is 5.58. The fourth-order valence-corrected chi connectivity index (χ4v) is 2.34. The van der Waals surface area contributed by atoms with E-state index < -0.39 is 0 Å². The Hall–Kier alpha value is -1.75. The van der Waals surface area contributed by atoms with E-state index >= 15 is 0 Å². The van der Waals surface area contributed by atoms with Gasteiger partial charge in [-0.05, 0) is 18.2 Å². The molecule has 5 heteroatoms. The largest absolute Gasteiger partial charge is 0.381 e. The number of nitrogens with zero attached hydrogens (tertiary/aromatic N) is 2. The Bertz CT molecular complexity index is 699. The van der Waals surface area contributed by atoms with E-state index in [-0.39, 0.29) is 0 Å². The minimum Gasteiger partial charge on any atom is -0.381 e. The minimum atomic E-state index is 0.395. The summed E-state index contributed by atoms with van der Waals surface area (Å²) in [5.74, 6) is 1.08. The van der Waals surface area contributed by atoms with Crippen LogP contribution in [0, 0.1) is 0 Å². The highest BCUT2D eigenvalue weighted by Gasteiger charge is 2.12. The van der Waals surface area contributed by atoms with Crippen LogP contribution in [0.5, 0.6) is 0 Å². The maximum absolute atomic E-state index is 5.58. The van der Waals surface area contributed by atoms with Crippen molar-refractivity contribution < 1.29 is 4.52 Å². The first-order valence-electron chi connectivity index (χ1n) is 5.12. The zero-order valence-corrected chi connectivity index (χ0v) is 10.7. The van der Waals surface area contributed by atoms with Crippen molar-refractivity contribution in [3.05, 3.63) is 34.9 Å². The molecular weight excluding hydrogens is 282 g/mol. The Labute approximate surface area is 106 Å². The van der Waals surface area contributed by atoms with E-state index in [0.29, 0.717) is 11.6 Å². The van der Waals surface area contributed by atoms with Crippen molar-refractivity contribution >= 4 is 32.7 Å². The molecule has 0 saturated carbocycles. The van der Waals surface area contributed by atoms with Gasteiger partial charge in [0.05, 0.1) is 0 Å². The molecule has 0 fully saturated rings. The molecule has 0 aliphatic rings. The molecule has 0 atom stereocenters. The normalized spacial score (nSPS) is 11.2. The lowest BCUT2D eigenvalue weighted by molar-refractivity contribution is 0.436. The van der Waals surface area contributed by atoms with Gasteiger partial charge in [0.15, 0.2) is 11.6 Å². The fraction of sp³-hybridized carbons (Fsp3) is 0.0833. The van der Waals surface area contributed by atoms with E-state index in [1.54, 1.807) is 6.07 Å². The van der Waals surface area contributed by atoms with Gasteiger partial charge in [0.2, 0.25) is 0 Å².